The summed E-state index contributed by atoms with van der Waals surface area (Å²) >= 11 is 0. The normalized spacial score (nSPS) is 43.0. The van der Waals surface area contributed by atoms with Gasteiger partial charge in [0.25, 0.3) is 0 Å². The minimum Gasteiger partial charge on any atom is -0.390 e. The summed E-state index contributed by atoms with van der Waals surface area (Å²) in [6, 6.07) is 0. The lowest BCUT2D eigenvalue weighted by atomic mass is 9.58. The van der Waals surface area contributed by atoms with Gasteiger partial charge in [0, 0.05) is 12.0 Å². The maximum Gasteiger partial charge on any atom is 0.0233 e. The molecule has 1 aliphatic heterocycles. The maximum atomic E-state index is 3.36. The Morgan fingerprint density at radius 3 is 2.69 bits per heavy atom. The molecular formula is C15H21N. The average molecular weight is 215 g/mol. The molecule has 0 unspecified atom stereocenters. The molecule has 0 saturated heterocycles. The van der Waals surface area contributed by atoms with Crippen LogP contribution in [0.1, 0.15) is 44.9 Å². The van der Waals surface area contributed by atoms with E-state index in [4.69, 9.17) is 0 Å². The van der Waals surface area contributed by atoms with Crippen LogP contribution in [0.5, 0.6) is 0 Å². The molecule has 2 spiro atoms. The SMILES string of the molecule is C1=CC2(CN1)CC(C1=CCC3(CCC3)C1)C2. The molecule has 0 aromatic heterocycles. The van der Waals surface area contributed by atoms with Gasteiger partial charge in [-0.2, -0.15) is 0 Å². The van der Waals surface area contributed by atoms with Crippen molar-refractivity contribution in [3.05, 3.63) is 23.9 Å². The molecule has 1 nitrogen and oxygen atoms in total. The first-order valence-corrected chi connectivity index (χ1v) is 6.89. The van der Waals surface area contributed by atoms with E-state index in [0.717, 1.165) is 11.3 Å². The molecule has 1 N–H and O–H groups in total. The van der Waals surface area contributed by atoms with Crippen molar-refractivity contribution < 1.29 is 0 Å². The van der Waals surface area contributed by atoms with Crippen molar-refractivity contribution in [2.24, 2.45) is 16.7 Å². The van der Waals surface area contributed by atoms with E-state index < -0.39 is 0 Å². The van der Waals surface area contributed by atoms with E-state index in [2.05, 4.69) is 23.7 Å². The minimum absolute atomic E-state index is 0.556. The first kappa shape index (κ1) is 9.32. The molecule has 3 aliphatic carbocycles. The molecular weight excluding hydrogens is 194 g/mol. The van der Waals surface area contributed by atoms with Crippen LogP contribution in [0.2, 0.25) is 0 Å². The summed E-state index contributed by atoms with van der Waals surface area (Å²) in [5, 5.41) is 3.36. The van der Waals surface area contributed by atoms with E-state index >= 15 is 0 Å². The van der Waals surface area contributed by atoms with Crippen LogP contribution in [0.25, 0.3) is 0 Å². The summed E-state index contributed by atoms with van der Waals surface area (Å²) in [6.45, 7) is 1.20. The monoisotopic (exact) mass is 215 g/mol. The van der Waals surface area contributed by atoms with Crippen LogP contribution in [0.3, 0.4) is 0 Å². The average Bonchev–Trinajstić information content (AvgIpc) is 2.81. The molecule has 0 radical (unpaired) electrons. The smallest absolute Gasteiger partial charge is 0.0233 e. The quantitative estimate of drug-likeness (QED) is 0.661. The van der Waals surface area contributed by atoms with Crippen LogP contribution in [-0.4, -0.2) is 6.54 Å². The van der Waals surface area contributed by atoms with Gasteiger partial charge in [0.2, 0.25) is 0 Å². The second kappa shape index (κ2) is 2.94. The summed E-state index contributed by atoms with van der Waals surface area (Å²) in [6.07, 6.45) is 17.4. The molecule has 1 heteroatoms. The summed E-state index contributed by atoms with van der Waals surface area (Å²) in [5.41, 5.74) is 3.15. The van der Waals surface area contributed by atoms with Crippen LogP contribution < -0.4 is 5.32 Å². The molecule has 86 valence electrons. The van der Waals surface area contributed by atoms with Crippen LogP contribution in [0, 0.1) is 16.7 Å². The van der Waals surface area contributed by atoms with E-state index in [1.807, 2.05) is 5.57 Å². The highest BCUT2D eigenvalue weighted by atomic mass is 14.9. The van der Waals surface area contributed by atoms with Gasteiger partial charge >= 0.3 is 0 Å². The van der Waals surface area contributed by atoms with Crippen LogP contribution in [-0.2, 0) is 0 Å². The lowest BCUT2D eigenvalue weighted by Gasteiger charge is -2.46. The molecule has 4 rings (SSSR count). The summed E-state index contributed by atoms with van der Waals surface area (Å²) in [7, 11) is 0. The largest absolute Gasteiger partial charge is 0.390 e. The van der Waals surface area contributed by atoms with Gasteiger partial charge in [0.15, 0.2) is 0 Å². The van der Waals surface area contributed by atoms with Gasteiger partial charge in [0.1, 0.15) is 0 Å². The fourth-order valence-electron chi connectivity index (χ4n) is 4.31. The Bertz CT molecular complexity index is 367. The fraction of sp³-hybridized carbons (Fsp3) is 0.733. The van der Waals surface area contributed by atoms with E-state index in [9.17, 15) is 0 Å². The van der Waals surface area contributed by atoms with Crippen molar-refractivity contribution in [2.45, 2.75) is 44.9 Å². The van der Waals surface area contributed by atoms with Crippen molar-refractivity contribution >= 4 is 0 Å². The number of hydrogen-bond donors (Lipinski definition) is 1. The van der Waals surface area contributed by atoms with Crippen molar-refractivity contribution in [3.8, 4) is 0 Å². The van der Waals surface area contributed by atoms with Crippen molar-refractivity contribution in [1.29, 1.82) is 0 Å². The zero-order valence-electron chi connectivity index (χ0n) is 9.97. The standard InChI is InChI=1S/C15H21N/c1-3-14(4-1)5-2-12(8-14)13-9-15(10-13)6-7-16-11-15/h2,6-7,13,16H,1,3-5,8-11H2. The predicted molar refractivity (Wildman–Crippen MR) is 65.9 cm³/mol. The lowest BCUT2D eigenvalue weighted by molar-refractivity contribution is 0.118. The maximum absolute atomic E-state index is 3.36. The Hall–Kier alpha value is -0.720. The predicted octanol–water partition coefficient (Wildman–Crippen LogP) is 3.39. The van der Waals surface area contributed by atoms with Gasteiger partial charge in [-0.05, 0) is 56.1 Å². The van der Waals surface area contributed by atoms with E-state index in [1.54, 1.807) is 0 Å². The molecule has 0 amide bonds. The molecule has 0 bridgehead atoms. The summed E-state index contributed by atoms with van der Waals surface area (Å²) in [5.74, 6) is 0.935. The third-order valence-corrected chi connectivity index (χ3v) is 5.63. The van der Waals surface area contributed by atoms with Crippen LogP contribution >= 0.6 is 0 Å². The Kier molecular flexibility index (Phi) is 1.71. The topological polar surface area (TPSA) is 12.0 Å². The minimum atomic E-state index is 0.556. The molecule has 0 atom stereocenters. The first-order chi connectivity index (χ1) is 7.79. The molecule has 0 aromatic carbocycles. The Labute approximate surface area is 98.0 Å². The zero-order chi connectivity index (χ0) is 10.6. The van der Waals surface area contributed by atoms with Gasteiger partial charge in [-0.1, -0.05) is 24.1 Å². The number of nitrogens with one attached hydrogen (secondary N) is 1. The van der Waals surface area contributed by atoms with Gasteiger partial charge in [-0.15, -0.1) is 0 Å². The molecule has 2 saturated carbocycles. The van der Waals surface area contributed by atoms with Crippen molar-refractivity contribution in [2.75, 3.05) is 6.54 Å². The van der Waals surface area contributed by atoms with Gasteiger partial charge in [-0.25, -0.2) is 0 Å². The van der Waals surface area contributed by atoms with Crippen LogP contribution in [0.4, 0.5) is 0 Å². The Morgan fingerprint density at radius 1 is 1.25 bits per heavy atom. The van der Waals surface area contributed by atoms with E-state index in [1.165, 1.54) is 51.5 Å². The summed E-state index contributed by atoms with van der Waals surface area (Å²) in [4.78, 5) is 0. The second-order valence-electron chi connectivity index (χ2n) is 6.70. The molecule has 0 aromatic rings. The zero-order valence-corrected chi connectivity index (χ0v) is 9.97. The first-order valence-electron chi connectivity index (χ1n) is 6.89. The van der Waals surface area contributed by atoms with Crippen molar-refractivity contribution in [1.82, 2.24) is 5.32 Å². The van der Waals surface area contributed by atoms with Crippen LogP contribution in [0.15, 0.2) is 23.9 Å². The second-order valence-corrected chi connectivity index (χ2v) is 6.70. The van der Waals surface area contributed by atoms with E-state index in [0.29, 0.717) is 5.41 Å². The highest BCUT2D eigenvalue weighted by Crippen LogP contribution is 2.59. The molecule has 2 fully saturated rings. The van der Waals surface area contributed by atoms with Gasteiger partial charge in [0.05, 0.1) is 0 Å². The fourth-order valence-corrected chi connectivity index (χ4v) is 4.31. The number of hydrogen-bond acceptors (Lipinski definition) is 1. The molecule has 1 heterocycles. The van der Waals surface area contributed by atoms with E-state index in [-0.39, 0.29) is 0 Å². The van der Waals surface area contributed by atoms with Crippen molar-refractivity contribution in [3.63, 3.8) is 0 Å². The highest BCUT2D eigenvalue weighted by molar-refractivity contribution is 5.26. The number of allylic oxidation sites excluding steroid dienone is 2. The van der Waals surface area contributed by atoms with Gasteiger partial charge < -0.3 is 5.32 Å². The van der Waals surface area contributed by atoms with Gasteiger partial charge in [-0.3, -0.25) is 0 Å². The highest BCUT2D eigenvalue weighted by Gasteiger charge is 2.48. The summed E-state index contributed by atoms with van der Waals surface area (Å²) < 4.78 is 0. The molecule has 16 heavy (non-hydrogen) atoms. The Balaban J connectivity index is 1.41. The lowest BCUT2D eigenvalue weighted by Crippen LogP contribution is -2.40. The molecule has 4 aliphatic rings. The number of rotatable bonds is 1. The Morgan fingerprint density at radius 2 is 2.12 bits per heavy atom. The third-order valence-electron chi connectivity index (χ3n) is 5.63. The third kappa shape index (κ3) is 1.18.